The molecule has 2 rings (SSSR count). The first-order valence-electron chi connectivity index (χ1n) is 5.00. The molecule has 0 radical (unpaired) electrons. The molecule has 1 aliphatic heterocycles. The van der Waals surface area contributed by atoms with E-state index < -0.39 is 12.1 Å². The van der Waals surface area contributed by atoms with Gasteiger partial charge >= 0.3 is 5.97 Å². The lowest BCUT2D eigenvalue weighted by Gasteiger charge is -2.09. The monoisotopic (exact) mass is 258 g/mol. The van der Waals surface area contributed by atoms with Crippen LogP contribution in [0.25, 0.3) is 0 Å². The van der Waals surface area contributed by atoms with Gasteiger partial charge in [0.1, 0.15) is 0 Å². The molecule has 6 heteroatoms. The van der Waals surface area contributed by atoms with Gasteiger partial charge in [0.25, 0.3) is 0 Å². The lowest BCUT2D eigenvalue weighted by Crippen LogP contribution is -2.19. The summed E-state index contributed by atoms with van der Waals surface area (Å²) in [6, 6.07) is 3.40. The second-order valence-corrected chi connectivity index (χ2v) is 4.01. The lowest BCUT2D eigenvalue weighted by molar-refractivity contribution is -0.149. The van der Waals surface area contributed by atoms with Crippen molar-refractivity contribution in [3.63, 3.8) is 0 Å². The van der Waals surface area contributed by atoms with Crippen molar-refractivity contribution in [2.75, 3.05) is 6.79 Å². The first-order valence-corrected chi connectivity index (χ1v) is 5.38. The summed E-state index contributed by atoms with van der Waals surface area (Å²) < 4.78 is 15.5. The Morgan fingerprint density at radius 2 is 2.35 bits per heavy atom. The van der Waals surface area contributed by atoms with Gasteiger partial charge in [-0.15, -0.1) is 0 Å². The normalized spacial score (nSPS) is 14.7. The van der Waals surface area contributed by atoms with Gasteiger partial charge in [0.15, 0.2) is 17.6 Å². The van der Waals surface area contributed by atoms with Crippen LogP contribution in [0.15, 0.2) is 12.1 Å². The molecule has 1 aliphatic rings. The molecule has 1 heterocycles. The molecule has 1 N–H and O–H groups in total. The zero-order valence-corrected chi connectivity index (χ0v) is 9.86. The summed E-state index contributed by atoms with van der Waals surface area (Å²) in [6.07, 6.45) is -0.862. The molecule has 0 spiro atoms. The van der Waals surface area contributed by atoms with E-state index in [-0.39, 0.29) is 13.4 Å². The van der Waals surface area contributed by atoms with Gasteiger partial charge in [-0.3, -0.25) is 0 Å². The largest absolute Gasteiger partial charge is 0.479 e. The number of hydrogen-bond donors (Lipinski definition) is 1. The van der Waals surface area contributed by atoms with Crippen LogP contribution in [0.4, 0.5) is 0 Å². The van der Waals surface area contributed by atoms with Crippen LogP contribution >= 0.6 is 11.6 Å². The van der Waals surface area contributed by atoms with E-state index in [4.69, 9.17) is 30.9 Å². The molecule has 0 amide bonds. The van der Waals surface area contributed by atoms with E-state index in [9.17, 15) is 4.79 Å². The molecule has 0 aliphatic carbocycles. The van der Waals surface area contributed by atoms with Gasteiger partial charge in [0, 0.05) is 0 Å². The van der Waals surface area contributed by atoms with Crippen LogP contribution in [-0.4, -0.2) is 24.0 Å². The van der Waals surface area contributed by atoms with E-state index in [0.717, 1.165) is 5.56 Å². The highest BCUT2D eigenvalue weighted by Gasteiger charge is 2.19. The Hall–Kier alpha value is -1.46. The van der Waals surface area contributed by atoms with Crippen molar-refractivity contribution in [1.82, 2.24) is 0 Å². The van der Waals surface area contributed by atoms with Gasteiger partial charge in [-0.2, -0.15) is 0 Å². The molecular formula is C11H11ClO5. The number of rotatable bonds is 4. The third-order valence-corrected chi connectivity index (χ3v) is 2.62. The van der Waals surface area contributed by atoms with E-state index in [1.54, 1.807) is 12.1 Å². The molecule has 0 saturated heterocycles. The van der Waals surface area contributed by atoms with E-state index in [0.29, 0.717) is 16.5 Å². The molecule has 0 fully saturated rings. The minimum absolute atomic E-state index is 0.144. The van der Waals surface area contributed by atoms with Crippen LogP contribution in [0.2, 0.25) is 5.02 Å². The van der Waals surface area contributed by atoms with Gasteiger partial charge in [0.05, 0.1) is 11.6 Å². The molecule has 1 aromatic carbocycles. The minimum atomic E-state index is -1.00. The summed E-state index contributed by atoms with van der Waals surface area (Å²) in [5.74, 6) is 0.0672. The van der Waals surface area contributed by atoms with E-state index in [1.165, 1.54) is 6.92 Å². The number of ether oxygens (including phenoxy) is 3. The van der Waals surface area contributed by atoms with Crippen LogP contribution in [0.3, 0.4) is 0 Å². The Kier molecular flexibility index (Phi) is 3.40. The Morgan fingerprint density at radius 1 is 1.59 bits per heavy atom. The lowest BCUT2D eigenvalue weighted by atomic mass is 10.2. The van der Waals surface area contributed by atoms with Gasteiger partial charge < -0.3 is 19.3 Å². The van der Waals surface area contributed by atoms with Crippen LogP contribution in [-0.2, 0) is 16.1 Å². The minimum Gasteiger partial charge on any atom is -0.479 e. The third kappa shape index (κ3) is 2.62. The Balaban J connectivity index is 2.07. The van der Waals surface area contributed by atoms with Crippen LogP contribution in [0.5, 0.6) is 11.5 Å². The summed E-state index contributed by atoms with van der Waals surface area (Å²) in [7, 11) is 0. The Morgan fingerprint density at radius 3 is 3.06 bits per heavy atom. The number of hydrogen-bond acceptors (Lipinski definition) is 4. The average Bonchev–Trinajstić information content (AvgIpc) is 2.74. The summed E-state index contributed by atoms with van der Waals surface area (Å²) in [6.45, 7) is 1.77. The Bertz CT molecular complexity index is 446. The number of carbonyl (C=O) groups is 1. The van der Waals surface area contributed by atoms with Crippen molar-refractivity contribution in [1.29, 1.82) is 0 Å². The molecular weight excluding hydrogens is 248 g/mol. The van der Waals surface area contributed by atoms with Crippen molar-refractivity contribution in [3.05, 3.63) is 22.7 Å². The number of carboxylic acid groups (broad SMARTS) is 1. The van der Waals surface area contributed by atoms with E-state index >= 15 is 0 Å². The summed E-state index contributed by atoms with van der Waals surface area (Å²) in [4.78, 5) is 10.6. The first-order chi connectivity index (χ1) is 8.08. The average molecular weight is 259 g/mol. The van der Waals surface area contributed by atoms with Gasteiger partial charge in [-0.25, -0.2) is 4.79 Å². The highest BCUT2D eigenvalue weighted by molar-refractivity contribution is 6.32. The molecule has 1 atom stereocenters. The summed E-state index contributed by atoms with van der Waals surface area (Å²) in [5.41, 5.74) is 0.743. The van der Waals surface area contributed by atoms with Crippen LogP contribution in [0, 0.1) is 0 Å². The maximum atomic E-state index is 10.6. The zero-order valence-electron chi connectivity index (χ0n) is 9.10. The quantitative estimate of drug-likeness (QED) is 0.895. The fourth-order valence-electron chi connectivity index (χ4n) is 1.40. The summed E-state index contributed by atoms with van der Waals surface area (Å²) >= 11 is 5.98. The molecule has 0 saturated carbocycles. The number of halogens is 1. The van der Waals surface area contributed by atoms with Crippen molar-refractivity contribution >= 4 is 17.6 Å². The highest BCUT2D eigenvalue weighted by Crippen LogP contribution is 2.39. The molecule has 0 bridgehead atoms. The fraction of sp³-hybridized carbons (Fsp3) is 0.364. The predicted molar refractivity (Wildman–Crippen MR) is 59.5 cm³/mol. The maximum Gasteiger partial charge on any atom is 0.332 e. The van der Waals surface area contributed by atoms with Crippen molar-refractivity contribution in [2.45, 2.75) is 19.6 Å². The zero-order chi connectivity index (χ0) is 12.4. The van der Waals surface area contributed by atoms with Crippen LogP contribution < -0.4 is 9.47 Å². The topological polar surface area (TPSA) is 65.0 Å². The number of benzene rings is 1. The van der Waals surface area contributed by atoms with E-state index in [1.807, 2.05) is 0 Å². The first kappa shape index (κ1) is 12.0. The van der Waals surface area contributed by atoms with Gasteiger partial charge in [-0.05, 0) is 24.6 Å². The molecule has 0 aromatic heterocycles. The molecule has 0 unspecified atom stereocenters. The second-order valence-electron chi connectivity index (χ2n) is 3.60. The predicted octanol–water partition coefficient (Wildman–Crippen LogP) is 2.06. The fourth-order valence-corrected chi connectivity index (χ4v) is 1.68. The molecule has 17 heavy (non-hydrogen) atoms. The van der Waals surface area contributed by atoms with Crippen molar-refractivity contribution in [3.8, 4) is 11.5 Å². The van der Waals surface area contributed by atoms with E-state index in [2.05, 4.69) is 0 Å². The van der Waals surface area contributed by atoms with Gasteiger partial charge in [-0.1, -0.05) is 11.6 Å². The smallest absolute Gasteiger partial charge is 0.332 e. The molecule has 1 aromatic rings. The molecule has 5 nitrogen and oxygen atoms in total. The summed E-state index contributed by atoms with van der Waals surface area (Å²) in [5, 5.41) is 9.11. The van der Waals surface area contributed by atoms with Crippen LogP contribution in [0.1, 0.15) is 12.5 Å². The number of aliphatic carboxylic acids is 1. The second kappa shape index (κ2) is 4.81. The Labute approximate surface area is 103 Å². The van der Waals surface area contributed by atoms with Gasteiger partial charge in [0.2, 0.25) is 6.79 Å². The maximum absolute atomic E-state index is 10.6. The van der Waals surface area contributed by atoms with Crippen molar-refractivity contribution < 1.29 is 24.1 Å². The standard InChI is InChI=1S/C11H11ClO5/c1-6(11(13)14)15-4-7-2-8(12)10-9(3-7)16-5-17-10/h2-3,6H,4-5H2,1H3,(H,13,14)/t6-/m1/s1. The number of carboxylic acids is 1. The molecule has 92 valence electrons. The third-order valence-electron chi connectivity index (χ3n) is 2.33. The highest BCUT2D eigenvalue weighted by atomic mass is 35.5. The SMILES string of the molecule is C[C@@H](OCc1cc(Cl)c2c(c1)OCO2)C(=O)O. The number of fused-ring (bicyclic) bond motifs is 1. The van der Waals surface area contributed by atoms with Crippen molar-refractivity contribution in [2.24, 2.45) is 0 Å².